The summed E-state index contributed by atoms with van der Waals surface area (Å²) in [5.41, 5.74) is -11.1. The summed E-state index contributed by atoms with van der Waals surface area (Å²) in [5.74, 6) is -52.6. The zero-order valence-corrected chi connectivity index (χ0v) is 19.2. The van der Waals surface area contributed by atoms with Gasteiger partial charge in [0, 0.05) is 6.07 Å². The van der Waals surface area contributed by atoms with Crippen molar-refractivity contribution in [2.75, 3.05) is 0 Å². The maximum Gasteiger partial charge on any atom is 0.200 e. The number of rotatable bonds is 4. The first kappa shape index (κ1) is 30.7. The van der Waals surface area contributed by atoms with Crippen LogP contribution in [0.15, 0.2) is 18.2 Å². The number of benzene rings is 4. The van der Waals surface area contributed by atoms with Gasteiger partial charge in [-0.25, -0.2) is 74.6 Å². The Morgan fingerprint density at radius 1 is 0.262 bits per heavy atom. The van der Waals surface area contributed by atoms with Crippen LogP contribution in [0.2, 0.25) is 0 Å². The molecule has 4 rings (SSSR count). The fourth-order valence-electron chi connectivity index (χ4n) is 4.76. The van der Waals surface area contributed by atoms with Crippen molar-refractivity contribution in [1.82, 2.24) is 0 Å². The maximum atomic E-state index is 15.3. The van der Waals surface area contributed by atoms with E-state index in [1.807, 2.05) is 0 Å². The second-order valence-electron chi connectivity index (χ2n) is 8.52. The van der Waals surface area contributed by atoms with Gasteiger partial charge in [-0.15, -0.1) is 16.4 Å². The Bertz CT molecular complexity index is 1540. The van der Waals surface area contributed by atoms with E-state index in [1.54, 1.807) is 0 Å². The Balaban J connectivity index is 2.59. The minimum atomic E-state index is -6.24. The highest BCUT2D eigenvalue weighted by Crippen LogP contribution is 2.28. The summed E-state index contributed by atoms with van der Waals surface area (Å²) in [6.45, 7) is 0. The Morgan fingerprint density at radius 3 is 0.667 bits per heavy atom. The van der Waals surface area contributed by atoms with Gasteiger partial charge in [-0.1, -0.05) is 12.1 Å². The van der Waals surface area contributed by atoms with Crippen LogP contribution in [-0.2, 0) is 0 Å². The third-order valence-electron chi connectivity index (χ3n) is 6.42. The van der Waals surface area contributed by atoms with E-state index >= 15 is 26.3 Å². The average Bonchev–Trinajstić information content (AvgIpc) is 2.94. The van der Waals surface area contributed by atoms with Crippen molar-refractivity contribution in [3.8, 4) is 0 Å². The molecule has 0 fully saturated rings. The first-order valence-electron chi connectivity index (χ1n) is 10.6. The Morgan fingerprint density at radius 2 is 0.452 bits per heavy atom. The number of hydrogen-bond acceptors (Lipinski definition) is 0. The fourth-order valence-corrected chi connectivity index (χ4v) is 4.76. The predicted molar refractivity (Wildman–Crippen MR) is 109 cm³/mol. The highest BCUT2D eigenvalue weighted by Gasteiger charge is 2.49. The monoisotopic (exact) mass is 625 g/mol. The normalized spacial score (nSPS) is 11.9. The lowest BCUT2D eigenvalue weighted by atomic mass is 9.12. The van der Waals surface area contributed by atoms with Gasteiger partial charge in [-0.05, 0) is 0 Å². The lowest BCUT2D eigenvalue weighted by Gasteiger charge is -2.44. The molecule has 0 nitrogen and oxygen atoms in total. The number of halogens is 17. The minimum Gasteiger partial charge on any atom is -0.207 e. The number of hydrogen-bond donors (Lipinski definition) is 0. The summed E-state index contributed by atoms with van der Waals surface area (Å²) in [6, 6.07) is -0.992. The van der Waals surface area contributed by atoms with Crippen molar-refractivity contribution in [3.63, 3.8) is 0 Å². The highest BCUT2D eigenvalue weighted by molar-refractivity contribution is 7.20. The van der Waals surface area contributed by atoms with Gasteiger partial charge in [-0.3, -0.25) is 0 Å². The van der Waals surface area contributed by atoms with E-state index in [0.29, 0.717) is 0 Å². The Labute approximate surface area is 220 Å². The van der Waals surface area contributed by atoms with Crippen LogP contribution in [0.5, 0.6) is 0 Å². The van der Waals surface area contributed by atoms with Crippen LogP contribution in [0.25, 0.3) is 0 Å². The van der Waals surface area contributed by atoms with Crippen molar-refractivity contribution in [2.24, 2.45) is 0 Å². The molecular weight excluding hydrogens is 622 g/mol. The second kappa shape index (κ2) is 10.2. The minimum absolute atomic E-state index is 0.181. The van der Waals surface area contributed by atoms with Crippen molar-refractivity contribution < 1.29 is 74.6 Å². The van der Waals surface area contributed by atoms with Crippen molar-refractivity contribution in [1.29, 1.82) is 0 Å². The van der Waals surface area contributed by atoms with E-state index < -0.39 is 139 Å². The second-order valence-corrected chi connectivity index (χ2v) is 8.52. The molecule has 0 aliphatic rings. The van der Waals surface area contributed by atoms with Gasteiger partial charge in [-0.2, -0.15) is 5.46 Å². The SMILES string of the molecule is Fc1cc(F)cc([B-](c2c(F)c(F)c(F)c(F)c2F)(c2c(F)c(F)c(F)c(F)c2F)c2c(F)c(F)c(F)c(F)c2F)c1. The van der Waals surface area contributed by atoms with Crippen LogP contribution >= 0.6 is 0 Å². The van der Waals surface area contributed by atoms with Gasteiger partial charge < -0.3 is 0 Å². The Kier molecular flexibility index (Phi) is 7.48. The van der Waals surface area contributed by atoms with E-state index in [9.17, 15) is 48.3 Å². The first-order valence-corrected chi connectivity index (χ1v) is 10.6. The lowest BCUT2D eigenvalue weighted by molar-refractivity contribution is 0.380. The molecule has 4 aromatic carbocycles. The molecule has 0 saturated heterocycles. The summed E-state index contributed by atoms with van der Waals surface area (Å²) in [6.07, 6.45) is -6.24. The zero-order chi connectivity index (χ0) is 31.7. The molecule has 0 spiro atoms. The van der Waals surface area contributed by atoms with Crippen LogP contribution in [0, 0.1) is 98.9 Å². The van der Waals surface area contributed by atoms with Crippen LogP contribution in [-0.4, -0.2) is 6.15 Å². The molecule has 0 aliphatic heterocycles. The molecule has 0 unspecified atom stereocenters. The van der Waals surface area contributed by atoms with E-state index in [-0.39, 0.29) is 6.07 Å². The quantitative estimate of drug-likeness (QED) is 0.123. The van der Waals surface area contributed by atoms with Crippen molar-refractivity contribution >= 4 is 28.0 Å². The van der Waals surface area contributed by atoms with E-state index in [4.69, 9.17) is 0 Å². The van der Waals surface area contributed by atoms with Crippen LogP contribution in [0.3, 0.4) is 0 Å². The summed E-state index contributed by atoms with van der Waals surface area (Å²) >= 11 is 0. The topological polar surface area (TPSA) is 0 Å². The largest absolute Gasteiger partial charge is 0.207 e. The smallest absolute Gasteiger partial charge is 0.200 e. The summed E-state index contributed by atoms with van der Waals surface area (Å²) in [5, 5.41) is 0. The molecule has 0 bridgehead atoms. The third kappa shape index (κ3) is 4.01. The van der Waals surface area contributed by atoms with Gasteiger partial charge in [0.1, 0.15) is 52.7 Å². The van der Waals surface area contributed by atoms with Gasteiger partial charge in [0.2, 0.25) is 0 Å². The predicted octanol–water partition coefficient (Wildman–Crippen LogP) is 5.43. The molecule has 42 heavy (non-hydrogen) atoms. The molecule has 0 aliphatic carbocycles. The first-order chi connectivity index (χ1) is 19.4. The Hall–Kier alpha value is -4.25. The molecule has 0 N–H and O–H groups in total. The highest BCUT2D eigenvalue weighted by atomic mass is 19.2. The van der Waals surface area contributed by atoms with Crippen LogP contribution < -0.4 is 21.9 Å². The van der Waals surface area contributed by atoms with Gasteiger partial charge in [0.05, 0.1) is 0 Å². The lowest BCUT2D eigenvalue weighted by Crippen LogP contribution is -2.79. The molecule has 0 aromatic heterocycles. The zero-order valence-electron chi connectivity index (χ0n) is 19.2. The molecule has 0 amide bonds. The molecule has 0 radical (unpaired) electrons. The van der Waals surface area contributed by atoms with Gasteiger partial charge in [0.25, 0.3) is 0 Å². The molecule has 222 valence electrons. The van der Waals surface area contributed by atoms with Crippen molar-refractivity contribution in [3.05, 3.63) is 117 Å². The van der Waals surface area contributed by atoms with Crippen LogP contribution in [0.4, 0.5) is 74.6 Å². The van der Waals surface area contributed by atoms with E-state index in [2.05, 4.69) is 0 Å². The van der Waals surface area contributed by atoms with E-state index in [1.165, 1.54) is 0 Å². The molecule has 0 heterocycles. The fraction of sp³-hybridized carbons (Fsp3) is 0. The summed E-state index contributed by atoms with van der Waals surface area (Å²) < 4.78 is 249. The molecular formula is C24H3BF17-. The molecule has 0 saturated carbocycles. The third-order valence-corrected chi connectivity index (χ3v) is 6.42. The molecule has 0 atom stereocenters. The van der Waals surface area contributed by atoms with Crippen molar-refractivity contribution in [2.45, 2.75) is 0 Å². The summed E-state index contributed by atoms with van der Waals surface area (Å²) in [7, 11) is 0. The molecule has 4 aromatic rings. The standard InChI is InChI=1S/C24H3BF17/c26-5-1-4(2-6(27)3-5)25(7-10(28)16(34)22(40)17(35)11(7)29,8-12(30)18(36)23(41)19(37)13(8)31)9-14(32)20(38)24(42)21(39)15(9)33/h1-3H/q-1. The molecule has 18 heteroatoms. The van der Waals surface area contributed by atoms with Gasteiger partial charge in [0.15, 0.2) is 52.4 Å². The summed E-state index contributed by atoms with van der Waals surface area (Å²) in [4.78, 5) is 0. The maximum absolute atomic E-state index is 15.3. The van der Waals surface area contributed by atoms with Gasteiger partial charge >= 0.3 is 0 Å². The average molecular weight is 625 g/mol. The van der Waals surface area contributed by atoms with Crippen LogP contribution in [0.1, 0.15) is 0 Å². The van der Waals surface area contributed by atoms with E-state index in [0.717, 1.165) is 0 Å².